The van der Waals surface area contributed by atoms with Crippen molar-refractivity contribution in [2.24, 2.45) is 0 Å². The van der Waals surface area contributed by atoms with Crippen molar-refractivity contribution < 1.29 is 9.90 Å². The quantitative estimate of drug-likeness (QED) is 0.714. The van der Waals surface area contributed by atoms with Gasteiger partial charge < -0.3 is 5.11 Å². The molecular formula is C9H11NO2S. The van der Waals surface area contributed by atoms with Crippen LogP contribution < -0.4 is 0 Å². The minimum atomic E-state index is -1.00. The van der Waals surface area contributed by atoms with Gasteiger partial charge in [0.05, 0.1) is 0 Å². The average molecular weight is 197 g/mol. The van der Waals surface area contributed by atoms with Crippen molar-refractivity contribution in [3.05, 3.63) is 29.1 Å². The molecule has 0 bridgehead atoms. The first-order chi connectivity index (χ1) is 6.02. The van der Waals surface area contributed by atoms with Crippen LogP contribution in [0.4, 0.5) is 0 Å². The lowest BCUT2D eigenvalue weighted by Crippen LogP contribution is -2.07. The second-order valence-corrected chi connectivity index (χ2v) is 3.65. The molecule has 1 rings (SSSR count). The largest absolute Gasteiger partial charge is 0.477 e. The molecule has 0 aliphatic carbocycles. The van der Waals surface area contributed by atoms with Crippen LogP contribution in [0.1, 0.15) is 33.9 Å². The molecule has 0 spiro atoms. The van der Waals surface area contributed by atoms with Gasteiger partial charge in [-0.2, -0.15) is 12.6 Å². The van der Waals surface area contributed by atoms with Crippen LogP contribution in [-0.4, -0.2) is 16.1 Å². The van der Waals surface area contributed by atoms with E-state index in [1.54, 1.807) is 19.1 Å². The number of rotatable bonds is 2. The zero-order valence-corrected chi connectivity index (χ0v) is 8.38. The van der Waals surface area contributed by atoms with E-state index in [2.05, 4.69) is 17.6 Å². The van der Waals surface area contributed by atoms with Gasteiger partial charge in [-0.1, -0.05) is 6.07 Å². The molecule has 1 aromatic heterocycles. The van der Waals surface area contributed by atoms with E-state index >= 15 is 0 Å². The molecule has 0 fully saturated rings. The Bertz CT molecular complexity index is 336. The lowest BCUT2D eigenvalue weighted by Gasteiger charge is -2.08. The summed E-state index contributed by atoms with van der Waals surface area (Å²) in [6.45, 7) is 3.58. The van der Waals surface area contributed by atoms with Gasteiger partial charge in [-0.15, -0.1) is 0 Å². The molecule has 0 radical (unpaired) electrons. The molecule has 0 aromatic carbocycles. The van der Waals surface area contributed by atoms with Gasteiger partial charge in [0.15, 0.2) is 5.69 Å². The molecule has 70 valence electrons. The summed E-state index contributed by atoms with van der Waals surface area (Å²) in [5.74, 6) is -1.00. The van der Waals surface area contributed by atoms with Crippen molar-refractivity contribution in [1.29, 1.82) is 0 Å². The molecule has 1 heterocycles. The SMILES string of the molecule is Cc1ccc(C(C)S)c(C(=O)O)n1. The second kappa shape index (κ2) is 3.79. The third-order valence-corrected chi connectivity index (χ3v) is 2.00. The fourth-order valence-electron chi connectivity index (χ4n) is 1.08. The Kier molecular flexibility index (Phi) is 2.93. The third-order valence-electron chi connectivity index (χ3n) is 1.72. The van der Waals surface area contributed by atoms with Crippen LogP contribution in [-0.2, 0) is 0 Å². The van der Waals surface area contributed by atoms with Gasteiger partial charge in [0.2, 0.25) is 0 Å². The third kappa shape index (κ3) is 2.21. The number of nitrogens with zero attached hydrogens (tertiary/aromatic N) is 1. The van der Waals surface area contributed by atoms with Crippen molar-refractivity contribution in [3.8, 4) is 0 Å². The molecule has 1 atom stereocenters. The highest BCUT2D eigenvalue weighted by Crippen LogP contribution is 2.21. The minimum absolute atomic E-state index is 0.0995. The summed E-state index contributed by atoms with van der Waals surface area (Å²) in [5, 5.41) is 8.73. The summed E-state index contributed by atoms with van der Waals surface area (Å²) >= 11 is 4.18. The van der Waals surface area contributed by atoms with E-state index in [0.717, 1.165) is 0 Å². The maximum absolute atomic E-state index is 10.8. The Labute approximate surface area is 82.2 Å². The van der Waals surface area contributed by atoms with E-state index in [-0.39, 0.29) is 10.9 Å². The number of hydrogen-bond acceptors (Lipinski definition) is 3. The molecule has 1 aromatic rings. The maximum atomic E-state index is 10.8. The number of carboxylic acids is 1. The van der Waals surface area contributed by atoms with E-state index in [1.807, 2.05) is 6.92 Å². The van der Waals surface area contributed by atoms with Gasteiger partial charge in [-0.3, -0.25) is 0 Å². The lowest BCUT2D eigenvalue weighted by molar-refractivity contribution is 0.0689. The highest BCUT2D eigenvalue weighted by atomic mass is 32.1. The molecule has 0 aliphatic rings. The number of carboxylic acid groups (broad SMARTS) is 1. The molecule has 0 aliphatic heterocycles. The molecule has 3 nitrogen and oxygen atoms in total. The highest BCUT2D eigenvalue weighted by molar-refractivity contribution is 7.80. The van der Waals surface area contributed by atoms with E-state index < -0.39 is 5.97 Å². The molecular weight excluding hydrogens is 186 g/mol. The minimum Gasteiger partial charge on any atom is -0.477 e. The Hall–Kier alpha value is -1.03. The van der Waals surface area contributed by atoms with E-state index in [9.17, 15) is 4.79 Å². The van der Waals surface area contributed by atoms with Crippen LogP contribution in [0.3, 0.4) is 0 Å². The standard InChI is InChI=1S/C9H11NO2S/c1-5-3-4-7(6(2)13)8(10-5)9(11)12/h3-4,6,13H,1-2H3,(H,11,12). The maximum Gasteiger partial charge on any atom is 0.354 e. The number of pyridine rings is 1. The summed E-state index contributed by atoms with van der Waals surface area (Å²) in [4.78, 5) is 14.7. The van der Waals surface area contributed by atoms with E-state index in [1.165, 1.54) is 0 Å². The highest BCUT2D eigenvalue weighted by Gasteiger charge is 2.14. The number of carbonyl (C=O) groups is 1. The summed E-state index contributed by atoms with van der Waals surface area (Å²) in [6, 6.07) is 3.54. The fourth-order valence-corrected chi connectivity index (χ4v) is 1.28. The first kappa shape index (κ1) is 10.1. The molecule has 4 heteroatoms. The lowest BCUT2D eigenvalue weighted by atomic mass is 10.1. The topological polar surface area (TPSA) is 50.2 Å². The Morgan fingerprint density at radius 3 is 2.69 bits per heavy atom. The molecule has 0 amide bonds. The summed E-state index contributed by atoms with van der Waals surface area (Å²) in [5.41, 5.74) is 1.46. The van der Waals surface area contributed by atoms with Crippen LogP contribution in [0.15, 0.2) is 12.1 Å². The smallest absolute Gasteiger partial charge is 0.354 e. The van der Waals surface area contributed by atoms with Gasteiger partial charge in [-0.05, 0) is 25.5 Å². The van der Waals surface area contributed by atoms with Crippen molar-refractivity contribution in [3.63, 3.8) is 0 Å². The molecule has 0 saturated heterocycles. The van der Waals surface area contributed by atoms with Gasteiger partial charge in [0.1, 0.15) is 0 Å². The van der Waals surface area contributed by atoms with Crippen LogP contribution in [0.25, 0.3) is 0 Å². The fraction of sp³-hybridized carbons (Fsp3) is 0.333. The van der Waals surface area contributed by atoms with Gasteiger partial charge in [-0.25, -0.2) is 9.78 Å². The number of aryl methyl sites for hydroxylation is 1. The van der Waals surface area contributed by atoms with Crippen LogP contribution in [0.5, 0.6) is 0 Å². The monoisotopic (exact) mass is 197 g/mol. The molecule has 13 heavy (non-hydrogen) atoms. The summed E-state index contributed by atoms with van der Waals surface area (Å²) in [6.07, 6.45) is 0. The summed E-state index contributed by atoms with van der Waals surface area (Å²) < 4.78 is 0. The average Bonchev–Trinajstić information content (AvgIpc) is 2.03. The Balaban J connectivity index is 3.27. The van der Waals surface area contributed by atoms with Crippen molar-refractivity contribution in [2.45, 2.75) is 19.1 Å². The molecule has 0 saturated carbocycles. The first-order valence-electron chi connectivity index (χ1n) is 3.91. The van der Waals surface area contributed by atoms with Gasteiger partial charge >= 0.3 is 5.97 Å². The Morgan fingerprint density at radius 1 is 1.62 bits per heavy atom. The van der Waals surface area contributed by atoms with Crippen LogP contribution in [0, 0.1) is 6.92 Å². The number of aromatic carboxylic acids is 1. The van der Waals surface area contributed by atoms with E-state index in [0.29, 0.717) is 11.3 Å². The molecule has 1 unspecified atom stereocenters. The van der Waals surface area contributed by atoms with Gasteiger partial charge in [0.25, 0.3) is 0 Å². The predicted molar refractivity (Wildman–Crippen MR) is 53.3 cm³/mol. The molecule has 1 N–H and O–H groups in total. The first-order valence-corrected chi connectivity index (χ1v) is 4.43. The van der Waals surface area contributed by atoms with Crippen molar-refractivity contribution in [1.82, 2.24) is 4.98 Å². The number of thiol groups is 1. The number of aromatic nitrogens is 1. The van der Waals surface area contributed by atoms with Crippen LogP contribution in [0.2, 0.25) is 0 Å². The van der Waals surface area contributed by atoms with Crippen molar-refractivity contribution >= 4 is 18.6 Å². The zero-order valence-electron chi connectivity index (χ0n) is 7.48. The normalized spacial score (nSPS) is 12.5. The Morgan fingerprint density at radius 2 is 2.23 bits per heavy atom. The predicted octanol–water partition coefficient (Wildman–Crippen LogP) is 2.08. The van der Waals surface area contributed by atoms with Crippen LogP contribution >= 0.6 is 12.6 Å². The zero-order chi connectivity index (χ0) is 10.0. The van der Waals surface area contributed by atoms with Crippen molar-refractivity contribution in [2.75, 3.05) is 0 Å². The van der Waals surface area contributed by atoms with E-state index in [4.69, 9.17) is 5.11 Å². The van der Waals surface area contributed by atoms with Gasteiger partial charge in [0, 0.05) is 10.9 Å². The number of hydrogen-bond donors (Lipinski definition) is 2. The second-order valence-electron chi connectivity index (χ2n) is 2.87. The summed E-state index contributed by atoms with van der Waals surface area (Å²) in [7, 11) is 0.